The van der Waals surface area contributed by atoms with Crippen LogP contribution in [0.4, 0.5) is 4.39 Å². The number of halogens is 1. The van der Waals surface area contributed by atoms with E-state index in [0.29, 0.717) is 30.0 Å². The zero-order chi connectivity index (χ0) is 18.5. The quantitative estimate of drug-likeness (QED) is 0.801. The number of carbonyl (C=O) groups excluding carboxylic acids is 1. The van der Waals surface area contributed by atoms with Gasteiger partial charge in [-0.1, -0.05) is 26.0 Å². The highest BCUT2D eigenvalue weighted by Crippen LogP contribution is 2.25. The Morgan fingerprint density at radius 1 is 1.12 bits per heavy atom. The number of rotatable bonds is 5. The van der Waals surface area contributed by atoms with Gasteiger partial charge in [0.15, 0.2) is 11.6 Å². The van der Waals surface area contributed by atoms with Crippen LogP contribution in [0.3, 0.4) is 0 Å². The Labute approximate surface area is 156 Å². The van der Waals surface area contributed by atoms with Gasteiger partial charge in [-0.3, -0.25) is 9.69 Å². The normalized spacial score (nSPS) is 20.5. The topological polar surface area (TPSA) is 32.8 Å². The smallest absolute Gasteiger partial charge is 0.222 e. The first-order valence-corrected chi connectivity index (χ1v) is 9.96. The maximum Gasteiger partial charge on any atom is 0.222 e. The molecule has 2 aliphatic rings. The minimum absolute atomic E-state index is 0.0934. The molecule has 2 saturated heterocycles. The summed E-state index contributed by atoms with van der Waals surface area (Å²) in [4.78, 5) is 16.8. The van der Waals surface area contributed by atoms with E-state index in [4.69, 9.17) is 4.74 Å². The summed E-state index contributed by atoms with van der Waals surface area (Å²) in [5.41, 5.74) is 0. The molecule has 5 heteroatoms. The first-order valence-electron chi connectivity index (χ1n) is 9.96. The van der Waals surface area contributed by atoms with Crippen molar-refractivity contribution in [3.05, 3.63) is 30.1 Å². The third-order valence-corrected chi connectivity index (χ3v) is 5.52. The average molecular weight is 362 g/mol. The van der Waals surface area contributed by atoms with E-state index in [1.165, 1.54) is 6.07 Å². The molecule has 1 aromatic carbocycles. The molecule has 1 amide bonds. The summed E-state index contributed by atoms with van der Waals surface area (Å²) in [6.07, 6.45) is 4.73. The summed E-state index contributed by atoms with van der Waals surface area (Å²) in [6, 6.07) is 7.20. The number of hydrogen-bond acceptors (Lipinski definition) is 3. The first kappa shape index (κ1) is 19.2. The Balaban J connectivity index is 1.42. The molecular formula is C21H31FN2O2. The van der Waals surface area contributed by atoms with Crippen molar-refractivity contribution in [2.24, 2.45) is 5.92 Å². The van der Waals surface area contributed by atoms with Gasteiger partial charge in [0, 0.05) is 38.6 Å². The molecular weight excluding hydrogens is 331 g/mol. The minimum atomic E-state index is -0.284. The van der Waals surface area contributed by atoms with E-state index in [-0.39, 0.29) is 11.9 Å². The van der Waals surface area contributed by atoms with Crippen LogP contribution in [-0.2, 0) is 4.79 Å². The van der Waals surface area contributed by atoms with Crippen LogP contribution in [0.1, 0.15) is 46.0 Å². The molecule has 0 spiro atoms. The lowest BCUT2D eigenvalue weighted by Crippen LogP contribution is -2.50. The molecule has 0 aliphatic carbocycles. The number of benzene rings is 1. The molecule has 2 heterocycles. The highest BCUT2D eigenvalue weighted by molar-refractivity contribution is 5.76. The maximum atomic E-state index is 13.7. The van der Waals surface area contributed by atoms with E-state index in [1.807, 2.05) is 11.0 Å². The Kier molecular flexibility index (Phi) is 6.52. The van der Waals surface area contributed by atoms with Gasteiger partial charge in [0.05, 0.1) is 0 Å². The fourth-order valence-corrected chi connectivity index (χ4v) is 4.04. The Hall–Kier alpha value is -1.62. The second-order valence-electron chi connectivity index (χ2n) is 7.99. The summed E-state index contributed by atoms with van der Waals surface area (Å²) < 4.78 is 19.6. The largest absolute Gasteiger partial charge is 0.487 e. The highest BCUT2D eigenvalue weighted by Gasteiger charge is 2.30. The number of piperidine rings is 2. The van der Waals surface area contributed by atoms with Gasteiger partial charge in [-0.15, -0.1) is 0 Å². The van der Waals surface area contributed by atoms with Crippen molar-refractivity contribution >= 4 is 5.91 Å². The standard InChI is InChI=1S/C21H31FN2O2/c1-16(2)15-21(25)24-11-7-17(8-12-24)23-13-9-18(10-14-23)26-20-6-4-3-5-19(20)22/h3-6,16-18H,7-15H2,1-2H3. The first-order chi connectivity index (χ1) is 12.5. The van der Waals surface area contributed by atoms with Crippen LogP contribution in [-0.4, -0.2) is 54.0 Å². The second-order valence-corrected chi connectivity index (χ2v) is 7.99. The monoisotopic (exact) mass is 362 g/mol. The van der Waals surface area contributed by atoms with E-state index in [9.17, 15) is 9.18 Å². The number of amides is 1. The van der Waals surface area contributed by atoms with E-state index in [0.717, 1.165) is 51.9 Å². The molecule has 0 N–H and O–H groups in total. The molecule has 2 fully saturated rings. The minimum Gasteiger partial charge on any atom is -0.487 e. The zero-order valence-corrected chi connectivity index (χ0v) is 16.0. The molecule has 26 heavy (non-hydrogen) atoms. The molecule has 1 aromatic rings. The van der Waals surface area contributed by atoms with Crippen molar-refractivity contribution in [2.75, 3.05) is 26.2 Å². The molecule has 2 aliphatic heterocycles. The van der Waals surface area contributed by atoms with Crippen molar-refractivity contribution in [3.8, 4) is 5.75 Å². The van der Waals surface area contributed by atoms with Crippen LogP contribution < -0.4 is 4.74 Å². The van der Waals surface area contributed by atoms with Crippen LogP contribution in [0.5, 0.6) is 5.75 Å². The average Bonchev–Trinajstić information content (AvgIpc) is 2.64. The Bertz CT molecular complexity index is 591. The Morgan fingerprint density at radius 3 is 2.38 bits per heavy atom. The van der Waals surface area contributed by atoms with Crippen LogP contribution >= 0.6 is 0 Å². The van der Waals surface area contributed by atoms with Gasteiger partial charge in [0.1, 0.15) is 6.10 Å². The fraction of sp³-hybridized carbons (Fsp3) is 0.667. The van der Waals surface area contributed by atoms with Crippen LogP contribution in [0.2, 0.25) is 0 Å². The molecule has 0 bridgehead atoms. The van der Waals surface area contributed by atoms with Crippen LogP contribution in [0.15, 0.2) is 24.3 Å². The van der Waals surface area contributed by atoms with Gasteiger partial charge < -0.3 is 9.64 Å². The van der Waals surface area contributed by atoms with E-state index in [1.54, 1.807) is 12.1 Å². The summed E-state index contributed by atoms with van der Waals surface area (Å²) in [6.45, 7) is 7.92. The van der Waals surface area contributed by atoms with Gasteiger partial charge in [-0.05, 0) is 43.7 Å². The van der Waals surface area contributed by atoms with Gasteiger partial charge in [-0.2, -0.15) is 0 Å². The number of nitrogens with zero attached hydrogens (tertiary/aromatic N) is 2. The fourth-order valence-electron chi connectivity index (χ4n) is 4.04. The van der Waals surface area contributed by atoms with Crippen molar-refractivity contribution in [3.63, 3.8) is 0 Å². The van der Waals surface area contributed by atoms with Gasteiger partial charge in [0.25, 0.3) is 0 Å². The predicted molar refractivity (Wildman–Crippen MR) is 101 cm³/mol. The number of ether oxygens (including phenoxy) is 1. The number of para-hydroxylation sites is 1. The van der Waals surface area contributed by atoms with Crippen molar-refractivity contribution in [1.29, 1.82) is 0 Å². The van der Waals surface area contributed by atoms with Crippen molar-refractivity contribution in [1.82, 2.24) is 9.80 Å². The molecule has 0 radical (unpaired) electrons. The Morgan fingerprint density at radius 2 is 1.77 bits per heavy atom. The van der Waals surface area contributed by atoms with Gasteiger partial charge in [0.2, 0.25) is 5.91 Å². The van der Waals surface area contributed by atoms with E-state index >= 15 is 0 Å². The predicted octanol–water partition coefficient (Wildman–Crippen LogP) is 3.71. The van der Waals surface area contributed by atoms with Gasteiger partial charge in [-0.25, -0.2) is 4.39 Å². The molecule has 0 unspecified atom stereocenters. The molecule has 144 valence electrons. The lowest BCUT2D eigenvalue weighted by Gasteiger charge is -2.41. The number of carbonyl (C=O) groups is 1. The SMILES string of the molecule is CC(C)CC(=O)N1CCC(N2CCC(Oc3ccccc3F)CC2)CC1. The van der Waals surface area contributed by atoms with E-state index in [2.05, 4.69) is 18.7 Å². The summed E-state index contributed by atoms with van der Waals surface area (Å²) >= 11 is 0. The molecule has 0 saturated carbocycles. The lowest BCUT2D eigenvalue weighted by atomic mass is 9.98. The number of likely N-dealkylation sites (tertiary alicyclic amines) is 2. The summed E-state index contributed by atoms with van der Waals surface area (Å²) in [5.74, 6) is 0.806. The van der Waals surface area contributed by atoms with E-state index < -0.39 is 0 Å². The highest BCUT2D eigenvalue weighted by atomic mass is 19.1. The zero-order valence-electron chi connectivity index (χ0n) is 16.0. The summed E-state index contributed by atoms with van der Waals surface area (Å²) in [7, 11) is 0. The summed E-state index contributed by atoms with van der Waals surface area (Å²) in [5, 5.41) is 0. The number of hydrogen-bond donors (Lipinski definition) is 0. The third kappa shape index (κ3) is 4.97. The second kappa shape index (κ2) is 8.85. The van der Waals surface area contributed by atoms with Crippen molar-refractivity contribution < 1.29 is 13.9 Å². The van der Waals surface area contributed by atoms with Crippen LogP contribution in [0.25, 0.3) is 0 Å². The lowest BCUT2D eigenvalue weighted by molar-refractivity contribution is -0.133. The molecule has 4 nitrogen and oxygen atoms in total. The maximum absolute atomic E-state index is 13.7. The molecule has 0 atom stereocenters. The third-order valence-electron chi connectivity index (χ3n) is 5.52. The van der Waals surface area contributed by atoms with Crippen LogP contribution in [0, 0.1) is 11.7 Å². The van der Waals surface area contributed by atoms with Gasteiger partial charge >= 0.3 is 0 Å². The van der Waals surface area contributed by atoms with Crippen molar-refractivity contribution in [2.45, 2.75) is 58.1 Å². The molecule has 0 aromatic heterocycles. The molecule has 3 rings (SSSR count).